The van der Waals surface area contributed by atoms with Crippen molar-refractivity contribution in [1.29, 1.82) is 0 Å². The summed E-state index contributed by atoms with van der Waals surface area (Å²) >= 11 is 0. The zero-order chi connectivity index (χ0) is 13.0. The van der Waals surface area contributed by atoms with Gasteiger partial charge in [0.15, 0.2) is 0 Å². The van der Waals surface area contributed by atoms with Gasteiger partial charge < -0.3 is 19.9 Å². The number of nitrogens with one attached hydrogen (secondary N) is 1. The van der Waals surface area contributed by atoms with Gasteiger partial charge >= 0.3 is 0 Å². The van der Waals surface area contributed by atoms with Crippen LogP contribution in [0.15, 0.2) is 0 Å². The lowest BCUT2D eigenvalue weighted by Crippen LogP contribution is -2.45. The first-order valence-electron chi connectivity index (χ1n) is 6.61. The van der Waals surface area contributed by atoms with Gasteiger partial charge in [0, 0.05) is 32.5 Å². The van der Waals surface area contributed by atoms with Crippen LogP contribution in [0.5, 0.6) is 0 Å². The summed E-state index contributed by atoms with van der Waals surface area (Å²) in [6.07, 6.45) is 4.07. The zero-order valence-electron chi connectivity index (χ0n) is 11.6. The highest BCUT2D eigenvalue weighted by Crippen LogP contribution is 2.12. The molecule has 0 aromatic carbocycles. The first-order chi connectivity index (χ1) is 8.18. The van der Waals surface area contributed by atoms with Gasteiger partial charge in [0.2, 0.25) is 0 Å². The summed E-state index contributed by atoms with van der Waals surface area (Å²) in [5, 5.41) is 12.6. The summed E-state index contributed by atoms with van der Waals surface area (Å²) in [7, 11) is 1.70. The van der Waals surface area contributed by atoms with E-state index in [9.17, 15) is 5.11 Å². The Bertz CT molecular complexity index is 167. The third-order valence-corrected chi connectivity index (χ3v) is 2.86. The SMILES string of the molecule is CCNC(C)(CO)CCCCOCCCOC. The molecule has 0 amide bonds. The van der Waals surface area contributed by atoms with Crippen molar-refractivity contribution in [3.05, 3.63) is 0 Å². The Kier molecular flexibility index (Phi) is 10.9. The molecule has 0 radical (unpaired) electrons. The highest BCUT2D eigenvalue weighted by molar-refractivity contribution is 4.81. The summed E-state index contributed by atoms with van der Waals surface area (Å²) < 4.78 is 10.4. The Balaban J connectivity index is 3.37. The van der Waals surface area contributed by atoms with Crippen molar-refractivity contribution in [1.82, 2.24) is 5.32 Å². The smallest absolute Gasteiger partial charge is 0.0610 e. The van der Waals surface area contributed by atoms with Gasteiger partial charge in [0.1, 0.15) is 0 Å². The average molecular weight is 247 g/mol. The number of ether oxygens (including phenoxy) is 2. The van der Waals surface area contributed by atoms with Gasteiger partial charge in [-0.25, -0.2) is 0 Å². The molecule has 0 spiro atoms. The summed E-state index contributed by atoms with van der Waals surface area (Å²) in [5.41, 5.74) is -0.134. The number of unbranched alkanes of at least 4 members (excludes halogenated alkanes) is 1. The number of aliphatic hydroxyl groups is 1. The Labute approximate surface area is 106 Å². The van der Waals surface area contributed by atoms with Crippen LogP contribution in [0.3, 0.4) is 0 Å². The Morgan fingerprint density at radius 1 is 1.12 bits per heavy atom. The molecule has 17 heavy (non-hydrogen) atoms. The van der Waals surface area contributed by atoms with Gasteiger partial charge in [-0.1, -0.05) is 6.92 Å². The molecule has 0 fully saturated rings. The maximum Gasteiger partial charge on any atom is 0.0610 e. The lowest BCUT2D eigenvalue weighted by Gasteiger charge is -2.28. The van der Waals surface area contributed by atoms with Crippen LogP contribution in [0.1, 0.15) is 39.5 Å². The van der Waals surface area contributed by atoms with Gasteiger partial charge in [-0.05, 0) is 39.2 Å². The first-order valence-corrected chi connectivity index (χ1v) is 6.61. The molecule has 0 aromatic rings. The zero-order valence-corrected chi connectivity index (χ0v) is 11.6. The minimum atomic E-state index is -0.134. The van der Waals surface area contributed by atoms with Crippen molar-refractivity contribution in [2.75, 3.05) is 40.1 Å². The normalized spacial score (nSPS) is 14.8. The van der Waals surface area contributed by atoms with Crippen LogP contribution >= 0.6 is 0 Å². The van der Waals surface area contributed by atoms with Gasteiger partial charge in [-0.2, -0.15) is 0 Å². The van der Waals surface area contributed by atoms with Crippen LogP contribution in [0, 0.1) is 0 Å². The third-order valence-electron chi connectivity index (χ3n) is 2.86. The largest absolute Gasteiger partial charge is 0.394 e. The maximum absolute atomic E-state index is 9.31. The minimum Gasteiger partial charge on any atom is -0.394 e. The highest BCUT2D eigenvalue weighted by Gasteiger charge is 2.20. The Hall–Kier alpha value is -0.160. The fraction of sp³-hybridized carbons (Fsp3) is 1.00. The summed E-state index contributed by atoms with van der Waals surface area (Å²) in [5.74, 6) is 0. The van der Waals surface area contributed by atoms with Crippen LogP contribution < -0.4 is 5.32 Å². The summed E-state index contributed by atoms with van der Waals surface area (Å²) in [6, 6.07) is 0. The topological polar surface area (TPSA) is 50.7 Å². The molecule has 1 atom stereocenters. The van der Waals surface area contributed by atoms with Crippen LogP contribution in [-0.2, 0) is 9.47 Å². The predicted octanol–water partition coefficient (Wildman–Crippen LogP) is 1.57. The van der Waals surface area contributed by atoms with E-state index >= 15 is 0 Å². The molecule has 0 rings (SSSR count). The van der Waals surface area contributed by atoms with E-state index in [1.54, 1.807) is 7.11 Å². The molecule has 104 valence electrons. The fourth-order valence-corrected chi connectivity index (χ4v) is 1.78. The number of hydrogen-bond acceptors (Lipinski definition) is 4. The van der Waals surface area contributed by atoms with E-state index in [2.05, 4.69) is 19.2 Å². The van der Waals surface area contributed by atoms with E-state index in [4.69, 9.17) is 9.47 Å². The van der Waals surface area contributed by atoms with E-state index in [1.807, 2.05) is 0 Å². The van der Waals surface area contributed by atoms with Crippen molar-refractivity contribution in [3.8, 4) is 0 Å². The van der Waals surface area contributed by atoms with Crippen LogP contribution in [0.4, 0.5) is 0 Å². The van der Waals surface area contributed by atoms with Gasteiger partial charge in [-0.3, -0.25) is 0 Å². The van der Waals surface area contributed by atoms with Crippen LogP contribution in [0.25, 0.3) is 0 Å². The second-order valence-corrected chi connectivity index (χ2v) is 4.66. The molecule has 0 aliphatic heterocycles. The number of rotatable bonds is 12. The second-order valence-electron chi connectivity index (χ2n) is 4.66. The molecule has 0 bridgehead atoms. The van der Waals surface area contributed by atoms with E-state index < -0.39 is 0 Å². The first kappa shape index (κ1) is 16.8. The number of likely N-dealkylation sites (N-methyl/N-ethyl adjacent to an activating group) is 1. The van der Waals surface area contributed by atoms with Crippen molar-refractivity contribution in [2.45, 2.75) is 45.1 Å². The Morgan fingerprint density at radius 2 is 1.82 bits per heavy atom. The number of methoxy groups -OCH3 is 1. The lowest BCUT2D eigenvalue weighted by molar-refractivity contribution is 0.0969. The predicted molar refractivity (Wildman–Crippen MR) is 70.3 cm³/mol. The second kappa shape index (κ2) is 11.0. The molecule has 0 aliphatic carbocycles. The van der Waals surface area contributed by atoms with Gasteiger partial charge in [0.05, 0.1) is 6.61 Å². The molecule has 0 saturated carbocycles. The Morgan fingerprint density at radius 3 is 2.41 bits per heavy atom. The molecule has 0 aromatic heterocycles. The van der Waals surface area contributed by atoms with Crippen LogP contribution in [-0.4, -0.2) is 50.7 Å². The third kappa shape index (κ3) is 9.53. The maximum atomic E-state index is 9.31. The summed E-state index contributed by atoms with van der Waals surface area (Å²) in [4.78, 5) is 0. The van der Waals surface area contributed by atoms with Gasteiger partial charge in [-0.15, -0.1) is 0 Å². The molecule has 4 nitrogen and oxygen atoms in total. The van der Waals surface area contributed by atoms with E-state index in [0.717, 1.165) is 52.0 Å². The molecule has 4 heteroatoms. The lowest BCUT2D eigenvalue weighted by atomic mass is 9.96. The van der Waals surface area contributed by atoms with Gasteiger partial charge in [0.25, 0.3) is 0 Å². The molecule has 1 unspecified atom stereocenters. The molecular formula is C13H29NO3. The van der Waals surface area contributed by atoms with Crippen LogP contribution in [0.2, 0.25) is 0 Å². The standard InChI is InChI=1S/C13H29NO3/c1-4-14-13(2,12-15)8-5-6-10-17-11-7-9-16-3/h14-15H,4-12H2,1-3H3. The minimum absolute atomic E-state index is 0.134. The van der Waals surface area contributed by atoms with E-state index in [0.29, 0.717) is 0 Å². The van der Waals surface area contributed by atoms with Crippen molar-refractivity contribution in [3.63, 3.8) is 0 Å². The fourth-order valence-electron chi connectivity index (χ4n) is 1.78. The summed E-state index contributed by atoms with van der Waals surface area (Å²) in [6.45, 7) is 7.56. The molecule has 0 heterocycles. The molecular weight excluding hydrogens is 218 g/mol. The number of hydrogen-bond donors (Lipinski definition) is 2. The van der Waals surface area contributed by atoms with Crippen molar-refractivity contribution in [2.24, 2.45) is 0 Å². The number of aliphatic hydroxyl groups excluding tert-OH is 1. The molecule has 0 saturated heterocycles. The average Bonchev–Trinajstić information content (AvgIpc) is 2.33. The van der Waals surface area contributed by atoms with E-state index in [-0.39, 0.29) is 12.1 Å². The highest BCUT2D eigenvalue weighted by atomic mass is 16.5. The van der Waals surface area contributed by atoms with Crippen molar-refractivity contribution < 1.29 is 14.6 Å². The quantitative estimate of drug-likeness (QED) is 0.514. The van der Waals surface area contributed by atoms with Crippen molar-refractivity contribution >= 4 is 0 Å². The monoisotopic (exact) mass is 247 g/mol. The van der Waals surface area contributed by atoms with E-state index in [1.165, 1.54) is 0 Å². The molecule has 0 aliphatic rings. The molecule has 2 N–H and O–H groups in total.